The summed E-state index contributed by atoms with van der Waals surface area (Å²) in [5, 5.41) is 2.72. The highest BCUT2D eigenvalue weighted by Gasteiger charge is 2.10. The van der Waals surface area contributed by atoms with Crippen LogP contribution in [0.2, 0.25) is 0 Å². The third-order valence-electron chi connectivity index (χ3n) is 3.00. The van der Waals surface area contributed by atoms with Crippen LogP contribution in [-0.2, 0) is 4.79 Å². The quantitative estimate of drug-likeness (QED) is 0.801. The minimum atomic E-state index is -0.420. The third kappa shape index (κ3) is 5.15. The van der Waals surface area contributed by atoms with Crippen molar-refractivity contribution in [2.45, 2.75) is 13.8 Å². The number of amides is 1. The molecule has 0 bridgehead atoms. The molecule has 0 radical (unpaired) electrons. The van der Waals surface area contributed by atoms with E-state index in [2.05, 4.69) is 5.32 Å². The van der Waals surface area contributed by atoms with Gasteiger partial charge in [-0.3, -0.25) is 4.79 Å². The molecule has 0 saturated heterocycles. The minimum Gasteiger partial charge on any atom is -0.494 e. The van der Waals surface area contributed by atoms with Gasteiger partial charge in [-0.2, -0.15) is 0 Å². The normalized spacial score (nSPS) is 10.1. The molecule has 2 aromatic rings. The molecule has 1 amide bonds. The number of anilines is 1. The highest BCUT2D eigenvalue weighted by molar-refractivity contribution is 5.93. The number of nitrogens with one attached hydrogen (secondary N) is 1. The van der Waals surface area contributed by atoms with Crippen molar-refractivity contribution in [1.29, 1.82) is 0 Å². The lowest BCUT2D eigenvalue weighted by molar-refractivity contribution is -0.118. The summed E-state index contributed by atoms with van der Waals surface area (Å²) >= 11 is 0. The third-order valence-corrected chi connectivity index (χ3v) is 3.00. The molecule has 128 valence electrons. The van der Waals surface area contributed by atoms with Gasteiger partial charge in [0.1, 0.15) is 23.1 Å². The van der Waals surface area contributed by atoms with E-state index in [1.165, 1.54) is 18.2 Å². The highest BCUT2D eigenvalue weighted by Crippen LogP contribution is 2.29. The van der Waals surface area contributed by atoms with Crippen molar-refractivity contribution >= 4 is 11.6 Å². The number of hydrogen-bond acceptors (Lipinski definition) is 4. The lowest BCUT2D eigenvalue weighted by Gasteiger charge is -2.14. The lowest BCUT2D eigenvalue weighted by Crippen LogP contribution is -2.20. The molecule has 0 aliphatic heterocycles. The summed E-state index contributed by atoms with van der Waals surface area (Å²) in [4.78, 5) is 12.1. The Hall–Kier alpha value is -2.76. The molecule has 0 aromatic heterocycles. The van der Waals surface area contributed by atoms with Gasteiger partial charge in [-0.05, 0) is 38.1 Å². The average molecular weight is 333 g/mol. The predicted molar refractivity (Wildman–Crippen MR) is 89.3 cm³/mol. The van der Waals surface area contributed by atoms with E-state index in [-0.39, 0.29) is 12.5 Å². The second-order valence-electron chi connectivity index (χ2n) is 4.82. The van der Waals surface area contributed by atoms with Crippen LogP contribution in [0.1, 0.15) is 13.8 Å². The van der Waals surface area contributed by atoms with E-state index in [1.807, 2.05) is 13.8 Å². The van der Waals surface area contributed by atoms with Crippen LogP contribution < -0.4 is 19.5 Å². The van der Waals surface area contributed by atoms with E-state index in [0.717, 1.165) is 0 Å². The van der Waals surface area contributed by atoms with Crippen LogP contribution in [0, 0.1) is 5.82 Å². The first kappa shape index (κ1) is 17.6. The number of hydrogen-bond donors (Lipinski definition) is 1. The van der Waals surface area contributed by atoms with Crippen molar-refractivity contribution in [3.05, 3.63) is 48.3 Å². The van der Waals surface area contributed by atoms with Crippen LogP contribution in [0.25, 0.3) is 0 Å². The first-order valence-corrected chi connectivity index (χ1v) is 7.70. The second kappa shape index (κ2) is 8.76. The molecule has 0 spiro atoms. The molecule has 1 N–H and O–H groups in total. The van der Waals surface area contributed by atoms with E-state index < -0.39 is 5.82 Å². The van der Waals surface area contributed by atoms with Gasteiger partial charge in [0.2, 0.25) is 0 Å². The maximum absolute atomic E-state index is 13.1. The van der Waals surface area contributed by atoms with Crippen LogP contribution in [-0.4, -0.2) is 25.7 Å². The van der Waals surface area contributed by atoms with Gasteiger partial charge < -0.3 is 19.5 Å². The lowest BCUT2D eigenvalue weighted by atomic mass is 10.2. The average Bonchev–Trinajstić information content (AvgIpc) is 2.56. The van der Waals surface area contributed by atoms with E-state index in [9.17, 15) is 9.18 Å². The van der Waals surface area contributed by atoms with E-state index in [0.29, 0.717) is 36.1 Å². The van der Waals surface area contributed by atoms with Crippen molar-refractivity contribution in [1.82, 2.24) is 0 Å². The van der Waals surface area contributed by atoms with Crippen LogP contribution in [0.3, 0.4) is 0 Å². The monoisotopic (exact) mass is 333 g/mol. The number of halogens is 1. The van der Waals surface area contributed by atoms with Crippen molar-refractivity contribution in [2.24, 2.45) is 0 Å². The van der Waals surface area contributed by atoms with Crippen LogP contribution in [0.4, 0.5) is 10.1 Å². The first-order valence-electron chi connectivity index (χ1n) is 7.70. The Bertz CT molecular complexity index is 690. The molecule has 0 atom stereocenters. The molecule has 0 aliphatic carbocycles. The molecule has 0 fully saturated rings. The number of carbonyl (C=O) groups is 1. The molecule has 2 rings (SSSR count). The summed E-state index contributed by atoms with van der Waals surface area (Å²) < 4.78 is 29.3. The number of rotatable bonds is 8. The molecule has 0 saturated carbocycles. The zero-order valence-corrected chi connectivity index (χ0v) is 13.7. The zero-order chi connectivity index (χ0) is 17.4. The predicted octanol–water partition coefficient (Wildman–Crippen LogP) is 3.64. The van der Waals surface area contributed by atoms with Crippen LogP contribution in [0.5, 0.6) is 17.2 Å². The standard InChI is InChI=1S/C18H20FNO4/c1-3-22-15-8-9-17(23-4-2)16(11-15)20-18(21)12-24-14-7-5-6-13(19)10-14/h5-11H,3-4,12H2,1-2H3,(H,20,21). The fourth-order valence-corrected chi connectivity index (χ4v) is 2.04. The Labute approximate surface area is 140 Å². The van der Waals surface area contributed by atoms with E-state index in [4.69, 9.17) is 14.2 Å². The van der Waals surface area contributed by atoms with Crippen molar-refractivity contribution < 1.29 is 23.4 Å². The summed E-state index contributed by atoms with van der Waals surface area (Å²) in [6.45, 7) is 4.48. The van der Waals surface area contributed by atoms with Crippen LogP contribution >= 0.6 is 0 Å². The molecule has 0 heterocycles. The smallest absolute Gasteiger partial charge is 0.262 e. The number of carbonyl (C=O) groups excluding carboxylic acids is 1. The fourth-order valence-electron chi connectivity index (χ4n) is 2.04. The molecule has 0 unspecified atom stereocenters. The Balaban J connectivity index is 2.02. The topological polar surface area (TPSA) is 56.8 Å². The molecule has 6 heteroatoms. The Morgan fingerprint density at radius 3 is 2.46 bits per heavy atom. The summed E-state index contributed by atoms with van der Waals surface area (Å²) in [6.07, 6.45) is 0. The van der Waals surface area contributed by atoms with Gasteiger partial charge in [-0.25, -0.2) is 4.39 Å². The largest absolute Gasteiger partial charge is 0.494 e. The molecular formula is C18H20FNO4. The maximum Gasteiger partial charge on any atom is 0.262 e. The SMILES string of the molecule is CCOc1ccc(OCC)c(NC(=O)COc2cccc(F)c2)c1. The van der Waals surface area contributed by atoms with Crippen molar-refractivity contribution in [3.8, 4) is 17.2 Å². The molecule has 24 heavy (non-hydrogen) atoms. The number of benzene rings is 2. The Morgan fingerprint density at radius 2 is 1.75 bits per heavy atom. The van der Waals surface area contributed by atoms with Crippen molar-refractivity contribution in [3.63, 3.8) is 0 Å². The summed E-state index contributed by atoms with van der Waals surface area (Å²) in [7, 11) is 0. The summed E-state index contributed by atoms with van der Waals surface area (Å²) in [6, 6.07) is 10.8. The number of ether oxygens (including phenoxy) is 3. The Morgan fingerprint density at radius 1 is 1.00 bits per heavy atom. The van der Waals surface area contributed by atoms with Gasteiger partial charge in [0.05, 0.1) is 18.9 Å². The van der Waals surface area contributed by atoms with Crippen LogP contribution in [0.15, 0.2) is 42.5 Å². The van der Waals surface area contributed by atoms with Gasteiger partial charge in [-0.15, -0.1) is 0 Å². The molecule has 2 aromatic carbocycles. The maximum atomic E-state index is 13.1. The second-order valence-corrected chi connectivity index (χ2v) is 4.82. The van der Waals surface area contributed by atoms with Gasteiger partial charge >= 0.3 is 0 Å². The van der Waals surface area contributed by atoms with Gasteiger partial charge in [0.25, 0.3) is 5.91 Å². The first-order chi connectivity index (χ1) is 11.6. The van der Waals surface area contributed by atoms with Crippen molar-refractivity contribution in [2.75, 3.05) is 25.1 Å². The minimum absolute atomic E-state index is 0.242. The van der Waals surface area contributed by atoms with E-state index in [1.54, 1.807) is 24.3 Å². The van der Waals surface area contributed by atoms with Gasteiger partial charge in [-0.1, -0.05) is 6.07 Å². The fraction of sp³-hybridized carbons (Fsp3) is 0.278. The highest BCUT2D eigenvalue weighted by atomic mass is 19.1. The molecular weight excluding hydrogens is 313 g/mol. The van der Waals surface area contributed by atoms with Gasteiger partial charge in [0, 0.05) is 12.1 Å². The molecule has 0 aliphatic rings. The summed E-state index contributed by atoms with van der Waals surface area (Å²) in [5.74, 6) is 0.658. The zero-order valence-electron chi connectivity index (χ0n) is 13.7. The van der Waals surface area contributed by atoms with E-state index >= 15 is 0 Å². The van der Waals surface area contributed by atoms with Gasteiger partial charge in [0.15, 0.2) is 6.61 Å². The molecule has 5 nitrogen and oxygen atoms in total. The summed E-state index contributed by atoms with van der Waals surface area (Å²) in [5.41, 5.74) is 0.496. The Kier molecular flexibility index (Phi) is 6.42.